The number of hydrogen-bond donors (Lipinski definition) is 1. The quantitative estimate of drug-likeness (QED) is 0.922. The Morgan fingerprint density at radius 2 is 1.59 bits per heavy atom. The predicted octanol–water partition coefficient (Wildman–Crippen LogP) is 2.85. The van der Waals surface area contributed by atoms with Crippen molar-refractivity contribution in [1.29, 1.82) is 0 Å². The van der Waals surface area contributed by atoms with Gasteiger partial charge < -0.3 is 5.32 Å². The van der Waals surface area contributed by atoms with Gasteiger partial charge in [0.1, 0.15) is 0 Å². The Kier molecular flexibility index (Phi) is 5.17. The molecule has 0 aliphatic carbocycles. The molecule has 2 unspecified atom stereocenters. The van der Waals surface area contributed by atoms with Crippen LogP contribution in [0, 0.1) is 0 Å². The largest absolute Gasteiger partial charge is 0.315 e. The number of rotatable bonds is 4. The van der Waals surface area contributed by atoms with Crippen molar-refractivity contribution in [2.45, 2.75) is 45.2 Å². The van der Waals surface area contributed by atoms with E-state index in [2.05, 4.69) is 60.2 Å². The fraction of sp³-hybridized carbons (Fsp3) is 0.684. The maximum Gasteiger partial charge on any atom is 0.0320 e. The predicted molar refractivity (Wildman–Crippen MR) is 93.4 cm³/mol. The van der Waals surface area contributed by atoms with Gasteiger partial charge in [0, 0.05) is 44.8 Å². The summed E-state index contributed by atoms with van der Waals surface area (Å²) in [7, 11) is 0. The Morgan fingerprint density at radius 3 is 2.14 bits per heavy atom. The lowest BCUT2D eigenvalue weighted by molar-refractivity contribution is 0.0787. The minimum absolute atomic E-state index is 0.532. The molecule has 0 saturated carbocycles. The zero-order valence-electron chi connectivity index (χ0n) is 14.4. The minimum Gasteiger partial charge on any atom is -0.315 e. The average molecular weight is 301 g/mol. The van der Waals surface area contributed by atoms with E-state index in [1.165, 1.54) is 56.8 Å². The van der Waals surface area contributed by atoms with Crippen LogP contribution in [0.5, 0.6) is 0 Å². The van der Waals surface area contributed by atoms with Gasteiger partial charge in [-0.05, 0) is 36.9 Å². The Balaban J connectivity index is 1.55. The summed E-state index contributed by atoms with van der Waals surface area (Å²) < 4.78 is 0. The van der Waals surface area contributed by atoms with Crippen LogP contribution >= 0.6 is 0 Å². The molecule has 2 aliphatic rings. The molecule has 1 aromatic carbocycles. The summed E-state index contributed by atoms with van der Waals surface area (Å²) in [4.78, 5) is 5.33. The van der Waals surface area contributed by atoms with Gasteiger partial charge >= 0.3 is 0 Å². The number of nitrogens with one attached hydrogen (secondary N) is 1. The summed E-state index contributed by atoms with van der Waals surface area (Å²) >= 11 is 0. The molecule has 2 atom stereocenters. The standard InChI is InChI=1S/C19H31N3/c1-15(2)17-4-6-18(7-5-17)16(3)21-10-12-22(13-11-21)19-8-9-20-14-19/h4-7,15-16,19-20H,8-14H2,1-3H3. The van der Waals surface area contributed by atoms with Crippen molar-refractivity contribution < 1.29 is 0 Å². The van der Waals surface area contributed by atoms with Gasteiger partial charge in [0.2, 0.25) is 0 Å². The van der Waals surface area contributed by atoms with Crippen LogP contribution in [0.4, 0.5) is 0 Å². The lowest BCUT2D eigenvalue weighted by atomic mass is 9.98. The highest BCUT2D eigenvalue weighted by molar-refractivity contribution is 5.26. The van der Waals surface area contributed by atoms with Gasteiger partial charge in [-0.3, -0.25) is 9.80 Å². The molecule has 1 N–H and O–H groups in total. The van der Waals surface area contributed by atoms with Crippen LogP contribution in [0.3, 0.4) is 0 Å². The van der Waals surface area contributed by atoms with E-state index in [4.69, 9.17) is 0 Å². The monoisotopic (exact) mass is 301 g/mol. The van der Waals surface area contributed by atoms with E-state index in [0.717, 1.165) is 6.04 Å². The molecule has 0 bridgehead atoms. The van der Waals surface area contributed by atoms with Crippen LogP contribution in [-0.4, -0.2) is 55.1 Å². The third kappa shape index (κ3) is 3.53. The van der Waals surface area contributed by atoms with E-state index in [-0.39, 0.29) is 0 Å². The second-order valence-corrected chi connectivity index (χ2v) is 7.22. The first-order chi connectivity index (χ1) is 10.6. The van der Waals surface area contributed by atoms with Crippen LogP contribution in [0.15, 0.2) is 24.3 Å². The molecule has 3 nitrogen and oxygen atoms in total. The van der Waals surface area contributed by atoms with Crippen molar-refractivity contribution in [3.63, 3.8) is 0 Å². The van der Waals surface area contributed by atoms with E-state index < -0.39 is 0 Å². The van der Waals surface area contributed by atoms with E-state index in [1.54, 1.807) is 0 Å². The van der Waals surface area contributed by atoms with Gasteiger partial charge in [0.05, 0.1) is 0 Å². The third-order valence-corrected chi connectivity index (χ3v) is 5.53. The number of benzene rings is 1. The SMILES string of the molecule is CC(C)c1ccc(C(C)N2CCN(C3CCNC3)CC2)cc1. The number of hydrogen-bond acceptors (Lipinski definition) is 3. The summed E-state index contributed by atoms with van der Waals surface area (Å²) in [6, 6.07) is 10.6. The molecule has 0 aromatic heterocycles. The minimum atomic E-state index is 0.532. The smallest absolute Gasteiger partial charge is 0.0320 e. The third-order valence-electron chi connectivity index (χ3n) is 5.53. The molecular weight excluding hydrogens is 270 g/mol. The fourth-order valence-corrected chi connectivity index (χ4v) is 3.81. The maximum atomic E-state index is 3.49. The zero-order chi connectivity index (χ0) is 15.5. The summed E-state index contributed by atoms with van der Waals surface area (Å²) in [5.41, 5.74) is 2.90. The first kappa shape index (κ1) is 16.0. The molecule has 3 rings (SSSR count). The molecule has 0 radical (unpaired) electrons. The van der Waals surface area contributed by atoms with Gasteiger partial charge in [-0.1, -0.05) is 38.1 Å². The summed E-state index contributed by atoms with van der Waals surface area (Å²) in [5.74, 6) is 0.618. The van der Waals surface area contributed by atoms with Gasteiger partial charge in [-0.15, -0.1) is 0 Å². The van der Waals surface area contributed by atoms with E-state index >= 15 is 0 Å². The Labute approximate surface area is 135 Å². The molecular formula is C19H31N3. The highest BCUT2D eigenvalue weighted by atomic mass is 15.3. The normalized spacial score (nSPS) is 25.7. The topological polar surface area (TPSA) is 18.5 Å². The Hall–Kier alpha value is -0.900. The molecule has 2 heterocycles. The van der Waals surface area contributed by atoms with Crippen molar-refractivity contribution in [3.05, 3.63) is 35.4 Å². The molecule has 2 saturated heterocycles. The highest BCUT2D eigenvalue weighted by Crippen LogP contribution is 2.24. The fourth-order valence-electron chi connectivity index (χ4n) is 3.81. The second-order valence-electron chi connectivity index (χ2n) is 7.22. The van der Waals surface area contributed by atoms with Crippen molar-refractivity contribution in [3.8, 4) is 0 Å². The first-order valence-electron chi connectivity index (χ1n) is 8.94. The molecule has 0 spiro atoms. The van der Waals surface area contributed by atoms with Crippen LogP contribution < -0.4 is 5.32 Å². The molecule has 2 aliphatic heterocycles. The van der Waals surface area contributed by atoms with Gasteiger partial charge in [0.15, 0.2) is 0 Å². The van der Waals surface area contributed by atoms with Gasteiger partial charge in [-0.25, -0.2) is 0 Å². The molecule has 122 valence electrons. The van der Waals surface area contributed by atoms with Crippen molar-refractivity contribution in [2.75, 3.05) is 39.3 Å². The van der Waals surface area contributed by atoms with Crippen LogP contribution in [0.25, 0.3) is 0 Å². The molecule has 2 fully saturated rings. The second kappa shape index (κ2) is 7.12. The average Bonchev–Trinajstić information content (AvgIpc) is 3.09. The Morgan fingerprint density at radius 1 is 0.955 bits per heavy atom. The molecule has 22 heavy (non-hydrogen) atoms. The van der Waals surface area contributed by atoms with Crippen molar-refractivity contribution in [2.24, 2.45) is 0 Å². The van der Waals surface area contributed by atoms with Gasteiger partial charge in [0.25, 0.3) is 0 Å². The summed E-state index contributed by atoms with van der Waals surface area (Å²) in [5, 5.41) is 3.49. The Bertz CT molecular complexity index is 454. The molecule has 0 amide bonds. The lowest BCUT2D eigenvalue weighted by Gasteiger charge is -2.40. The summed E-state index contributed by atoms with van der Waals surface area (Å²) in [6.45, 7) is 14.1. The number of piperazine rings is 1. The van der Waals surface area contributed by atoms with Crippen LogP contribution in [0.2, 0.25) is 0 Å². The lowest BCUT2D eigenvalue weighted by Crippen LogP contribution is -2.51. The zero-order valence-corrected chi connectivity index (χ0v) is 14.4. The van der Waals surface area contributed by atoms with E-state index in [1.807, 2.05) is 0 Å². The maximum absolute atomic E-state index is 3.49. The van der Waals surface area contributed by atoms with Crippen LogP contribution in [0.1, 0.15) is 50.3 Å². The highest BCUT2D eigenvalue weighted by Gasteiger charge is 2.27. The van der Waals surface area contributed by atoms with E-state index in [0.29, 0.717) is 12.0 Å². The first-order valence-corrected chi connectivity index (χ1v) is 8.94. The van der Waals surface area contributed by atoms with Gasteiger partial charge in [-0.2, -0.15) is 0 Å². The molecule has 3 heteroatoms. The number of nitrogens with zero attached hydrogens (tertiary/aromatic N) is 2. The molecule has 1 aromatic rings. The van der Waals surface area contributed by atoms with Crippen LogP contribution in [-0.2, 0) is 0 Å². The van der Waals surface area contributed by atoms with E-state index in [9.17, 15) is 0 Å². The van der Waals surface area contributed by atoms with Crippen molar-refractivity contribution in [1.82, 2.24) is 15.1 Å². The van der Waals surface area contributed by atoms with Crippen molar-refractivity contribution >= 4 is 0 Å². The summed E-state index contributed by atoms with van der Waals surface area (Å²) in [6.07, 6.45) is 1.33.